The molecule has 36 heavy (non-hydrogen) atoms. The molecule has 2 aliphatic heterocycles. The van der Waals surface area contributed by atoms with Crippen LogP contribution in [0, 0.1) is 11.3 Å². The summed E-state index contributed by atoms with van der Waals surface area (Å²) in [5.74, 6) is 0.452. The number of anilines is 1. The molecule has 2 heterocycles. The van der Waals surface area contributed by atoms with Gasteiger partial charge in [-0.3, -0.25) is 9.36 Å². The molecule has 2 aromatic rings. The maximum atomic E-state index is 13.3. The van der Waals surface area contributed by atoms with E-state index in [-0.39, 0.29) is 18.8 Å². The highest BCUT2D eigenvalue weighted by molar-refractivity contribution is 7.70. The first-order chi connectivity index (χ1) is 17.5. The van der Waals surface area contributed by atoms with Crippen molar-refractivity contribution in [3.63, 3.8) is 0 Å². The fraction of sp³-hybridized carbons (Fsp3) is 0.167. The van der Waals surface area contributed by atoms with Crippen molar-refractivity contribution in [1.29, 1.82) is 5.26 Å². The Morgan fingerprint density at radius 2 is 1.89 bits per heavy atom. The number of nitrogens with zero attached hydrogens (tertiary/aromatic N) is 2. The first-order valence-electron chi connectivity index (χ1n) is 10.5. The summed E-state index contributed by atoms with van der Waals surface area (Å²) >= 11 is 0. The Kier molecular flexibility index (Phi) is 7.53. The van der Waals surface area contributed by atoms with Gasteiger partial charge in [0, 0.05) is 11.4 Å². The number of ether oxygens (including phenoxy) is 3. The summed E-state index contributed by atoms with van der Waals surface area (Å²) in [5.41, 5.74) is 1.62. The molecule has 2 N–H and O–H groups in total. The van der Waals surface area contributed by atoms with Crippen LogP contribution in [-0.2, 0) is 4.74 Å². The first kappa shape index (κ1) is 24.8. The van der Waals surface area contributed by atoms with E-state index in [1.807, 2.05) is 11.4 Å². The van der Waals surface area contributed by atoms with Gasteiger partial charge < -0.3 is 24.8 Å². The number of methoxy groups -OCH3 is 2. The molecule has 0 fully saturated rings. The highest BCUT2D eigenvalue weighted by atomic mass is 32.9. The molecule has 0 radical (unpaired) electrons. The van der Waals surface area contributed by atoms with Gasteiger partial charge in [-0.15, -0.1) is 0 Å². The van der Waals surface area contributed by atoms with Crippen molar-refractivity contribution in [2.24, 2.45) is 0 Å². The second-order valence-electron chi connectivity index (χ2n) is 7.27. The lowest BCUT2D eigenvalue weighted by Gasteiger charge is -2.11. The van der Waals surface area contributed by atoms with E-state index < -0.39 is 17.6 Å². The number of hydrogen-bond donors (Lipinski definition) is 2. The van der Waals surface area contributed by atoms with E-state index >= 15 is 0 Å². The smallest absolute Gasteiger partial charge is 0.338 e. The molecule has 12 heteroatoms. The van der Waals surface area contributed by atoms with Crippen LogP contribution >= 0.6 is 20.7 Å². The predicted molar refractivity (Wildman–Crippen MR) is 136 cm³/mol. The fourth-order valence-corrected chi connectivity index (χ4v) is 5.61. The maximum absolute atomic E-state index is 13.3. The van der Waals surface area contributed by atoms with Crippen LogP contribution in [0.4, 0.5) is 10.5 Å². The van der Waals surface area contributed by atoms with E-state index in [1.165, 1.54) is 63.7 Å². The Labute approximate surface area is 213 Å². The quantitative estimate of drug-likeness (QED) is 0.203. The normalized spacial score (nSPS) is 10.5. The summed E-state index contributed by atoms with van der Waals surface area (Å²) in [6, 6.07) is 12.5. The van der Waals surface area contributed by atoms with E-state index in [2.05, 4.69) is 10.6 Å². The number of nitriles is 1. The summed E-state index contributed by atoms with van der Waals surface area (Å²) in [6.07, 6.45) is 0. The van der Waals surface area contributed by atoms with Gasteiger partial charge in [0.25, 0.3) is 5.56 Å². The fourth-order valence-electron chi connectivity index (χ4n) is 3.41. The number of esters is 1. The van der Waals surface area contributed by atoms with Gasteiger partial charge in [0.15, 0.2) is 0 Å². The standard InChI is InChI=1S/C24H20N4O6S2/c1-32-16-7-8-17(19(11-16)33-2)28-18-13-35-36-21(18)20(22(28)29)27-24(31)26-9-10-34-23(30)15-5-3-14(12-25)4-6-15/h3-8,11,13H,9-10H2,1-2H3,(H2,26,27,31). The van der Waals surface area contributed by atoms with Crippen LogP contribution in [-0.4, -0.2) is 43.9 Å². The van der Waals surface area contributed by atoms with Crippen molar-refractivity contribution in [2.45, 2.75) is 0 Å². The molecular weight excluding hydrogens is 504 g/mol. The van der Waals surface area contributed by atoms with Crippen molar-refractivity contribution in [3.8, 4) is 33.8 Å². The van der Waals surface area contributed by atoms with Crippen molar-refractivity contribution in [2.75, 3.05) is 32.7 Å². The minimum Gasteiger partial charge on any atom is -0.497 e. The first-order valence-corrected chi connectivity index (χ1v) is 12.7. The van der Waals surface area contributed by atoms with Gasteiger partial charge in [0.05, 0.1) is 54.2 Å². The average molecular weight is 525 g/mol. The Balaban J connectivity index is 1.42. The molecule has 0 aromatic heterocycles. The zero-order chi connectivity index (χ0) is 25.7. The Morgan fingerprint density at radius 1 is 1.11 bits per heavy atom. The summed E-state index contributed by atoms with van der Waals surface area (Å²) in [4.78, 5) is 38.5. The minimum absolute atomic E-state index is 0.0330. The number of hydrogen-bond acceptors (Lipinski definition) is 9. The molecule has 10 nitrogen and oxygen atoms in total. The molecule has 0 saturated heterocycles. The molecule has 4 rings (SSSR count). The molecule has 0 bridgehead atoms. The number of rotatable bonds is 8. The lowest BCUT2D eigenvalue weighted by Crippen LogP contribution is -2.33. The van der Waals surface area contributed by atoms with Crippen molar-refractivity contribution < 1.29 is 23.8 Å². The molecule has 184 valence electrons. The number of aromatic nitrogens is 1. The number of fused-ring (bicyclic) bond motifs is 1. The molecule has 0 unspecified atom stereocenters. The Bertz CT molecular complexity index is 1470. The van der Waals surface area contributed by atoms with E-state index in [4.69, 9.17) is 19.5 Å². The van der Waals surface area contributed by atoms with Gasteiger partial charge >= 0.3 is 12.0 Å². The molecule has 2 aliphatic rings. The number of urea groups is 1. The highest BCUT2D eigenvalue weighted by Crippen LogP contribution is 2.40. The summed E-state index contributed by atoms with van der Waals surface area (Å²) in [6.45, 7) is -0.0394. The second kappa shape index (κ2) is 10.9. The molecule has 2 amide bonds. The minimum atomic E-state index is -0.610. The topological polar surface area (TPSA) is 132 Å². The lowest BCUT2D eigenvalue weighted by atomic mass is 10.1. The predicted octanol–water partition coefficient (Wildman–Crippen LogP) is 3.93. The van der Waals surface area contributed by atoms with Crippen LogP contribution in [0.25, 0.3) is 16.3 Å². The third kappa shape index (κ3) is 5.02. The van der Waals surface area contributed by atoms with Gasteiger partial charge in [0.1, 0.15) is 23.8 Å². The third-order valence-electron chi connectivity index (χ3n) is 5.15. The lowest BCUT2D eigenvalue weighted by molar-refractivity contribution is 0.0510. The van der Waals surface area contributed by atoms with Crippen LogP contribution < -0.4 is 25.7 Å². The number of carbonyl (C=O) groups excluding carboxylic acids is 2. The average Bonchev–Trinajstić information content (AvgIpc) is 3.47. The number of nitrogens with one attached hydrogen (secondary N) is 2. The van der Waals surface area contributed by atoms with E-state index in [9.17, 15) is 14.4 Å². The molecule has 2 aromatic carbocycles. The largest absolute Gasteiger partial charge is 0.497 e. The van der Waals surface area contributed by atoms with Crippen molar-refractivity contribution >= 4 is 38.4 Å². The zero-order valence-electron chi connectivity index (χ0n) is 19.2. The van der Waals surface area contributed by atoms with Gasteiger partial charge in [-0.25, -0.2) is 9.59 Å². The van der Waals surface area contributed by atoms with E-state index in [0.717, 1.165) is 0 Å². The highest BCUT2D eigenvalue weighted by Gasteiger charge is 2.26. The van der Waals surface area contributed by atoms with Gasteiger partial charge in [0.2, 0.25) is 0 Å². The summed E-state index contributed by atoms with van der Waals surface area (Å²) < 4.78 is 17.3. The van der Waals surface area contributed by atoms with Crippen LogP contribution in [0.2, 0.25) is 0 Å². The Hall–Kier alpha value is -4.34. The monoisotopic (exact) mass is 524 g/mol. The summed E-state index contributed by atoms with van der Waals surface area (Å²) in [5, 5.41) is 15.8. The number of amides is 2. The molecule has 0 spiro atoms. The number of carbonyl (C=O) groups is 2. The molecule has 0 atom stereocenters. The van der Waals surface area contributed by atoms with Gasteiger partial charge in [-0.1, -0.05) is 20.7 Å². The molecular formula is C24H20N4O6S2. The van der Waals surface area contributed by atoms with Crippen LogP contribution in [0.3, 0.4) is 0 Å². The zero-order valence-corrected chi connectivity index (χ0v) is 20.8. The van der Waals surface area contributed by atoms with E-state index in [1.54, 1.807) is 18.2 Å². The van der Waals surface area contributed by atoms with Crippen LogP contribution in [0.15, 0.2) is 52.6 Å². The van der Waals surface area contributed by atoms with Crippen molar-refractivity contribution in [1.82, 2.24) is 9.88 Å². The Morgan fingerprint density at radius 3 is 2.58 bits per heavy atom. The van der Waals surface area contributed by atoms with Gasteiger partial charge in [-0.2, -0.15) is 5.26 Å². The SMILES string of the molecule is COc1ccc(-n2c3cssc-3c(NC(=O)NCCOC(=O)c3ccc(C#N)cc3)c2=O)c(OC)c1. The van der Waals surface area contributed by atoms with Crippen molar-refractivity contribution in [3.05, 3.63) is 69.3 Å². The maximum Gasteiger partial charge on any atom is 0.338 e. The second-order valence-corrected chi connectivity index (χ2v) is 9.35. The third-order valence-corrected chi connectivity index (χ3v) is 7.22. The van der Waals surface area contributed by atoms with Crippen LogP contribution in [0.5, 0.6) is 11.5 Å². The molecule has 0 aliphatic carbocycles. The van der Waals surface area contributed by atoms with E-state index in [0.29, 0.717) is 38.9 Å². The summed E-state index contributed by atoms with van der Waals surface area (Å²) in [7, 11) is 5.83. The van der Waals surface area contributed by atoms with Gasteiger partial charge in [-0.05, 0) is 36.4 Å². The molecule has 0 saturated carbocycles. The van der Waals surface area contributed by atoms with Crippen LogP contribution in [0.1, 0.15) is 15.9 Å². The number of benzene rings is 2.